The maximum atomic E-state index is 4.41. The number of nitrogens with zero attached hydrogens (tertiary/aromatic N) is 1. The van der Waals surface area contributed by atoms with Gasteiger partial charge in [0, 0.05) is 33.4 Å². The highest BCUT2D eigenvalue weighted by Crippen LogP contribution is 2.32. The molecule has 0 aromatic carbocycles. The molecule has 1 N–H and O–H groups in total. The molecule has 0 fully saturated rings. The molecule has 17 heavy (non-hydrogen) atoms. The zero-order valence-corrected chi connectivity index (χ0v) is 10.3. The van der Waals surface area contributed by atoms with Gasteiger partial charge in [-0.15, -0.1) is 11.3 Å². The van der Waals surface area contributed by atoms with Crippen LogP contribution < -0.4 is 0 Å². The maximum absolute atomic E-state index is 4.41. The Morgan fingerprint density at radius 3 is 2.82 bits per heavy atom. The van der Waals surface area contributed by atoms with E-state index in [0.29, 0.717) is 0 Å². The highest BCUT2D eigenvalue weighted by molar-refractivity contribution is 7.13. The Balaban J connectivity index is 2.19. The van der Waals surface area contributed by atoms with Gasteiger partial charge in [-0.1, -0.05) is 0 Å². The third-order valence-corrected chi connectivity index (χ3v) is 3.68. The van der Waals surface area contributed by atoms with Gasteiger partial charge in [-0.3, -0.25) is 4.99 Å². The van der Waals surface area contributed by atoms with Gasteiger partial charge < -0.3 is 4.98 Å². The van der Waals surface area contributed by atoms with E-state index in [0.717, 1.165) is 11.4 Å². The Morgan fingerprint density at radius 2 is 2.24 bits per heavy atom. The molecule has 0 unspecified atom stereocenters. The number of hydrogen-bond acceptors (Lipinski definition) is 2. The summed E-state index contributed by atoms with van der Waals surface area (Å²) in [5.41, 5.74) is 3.32. The summed E-state index contributed by atoms with van der Waals surface area (Å²) in [5, 5.41) is 0. The van der Waals surface area contributed by atoms with E-state index in [4.69, 9.17) is 0 Å². The normalized spacial score (nSPS) is 16.8. The van der Waals surface area contributed by atoms with Crippen LogP contribution in [0.5, 0.6) is 0 Å². The van der Waals surface area contributed by atoms with Crippen LogP contribution in [0.15, 0.2) is 53.3 Å². The minimum Gasteiger partial charge on any atom is -0.361 e. The number of aromatic nitrogens is 1. The number of hydrogen-bond donors (Lipinski definition) is 1. The van der Waals surface area contributed by atoms with Crippen molar-refractivity contribution in [1.29, 1.82) is 0 Å². The lowest BCUT2D eigenvalue weighted by molar-refractivity contribution is 1.33. The summed E-state index contributed by atoms with van der Waals surface area (Å²) in [6.45, 7) is 2.12. The van der Waals surface area contributed by atoms with Gasteiger partial charge in [0.05, 0.1) is 5.70 Å². The van der Waals surface area contributed by atoms with Crippen LogP contribution in [-0.4, -0.2) is 11.2 Å². The fourth-order valence-electron chi connectivity index (χ4n) is 1.90. The van der Waals surface area contributed by atoms with Crippen LogP contribution in [0.3, 0.4) is 0 Å². The topological polar surface area (TPSA) is 28.1 Å². The van der Waals surface area contributed by atoms with Gasteiger partial charge in [0.25, 0.3) is 0 Å². The molecule has 0 bridgehead atoms. The quantitative estimate of drug-likeness (QED) is 0.827. The molecule has 0 saturated carbocycles. The van der Waals surface area contributed by atoms with Crippen molar-refractivity contribution in [2.45, 2.75) is 6.92 Å². The smallest absolute Gasteiger partial charge is 0.0737 e. The van der Waals surface area contributed by atoms with Crippen molar-refractivity contribution >= 4 is 23.1 Å². The predicted molar refractivity (Wildman–Crippen MR) is 73.5 cm³/mol. The lowest BCUT2D eigenvalue weighted by Gasteiger charge is -2.04. The van der Waals surface area contributed by atoms with Crippen molar-refractivity contribution in [1.82, 2.24) is 4.98 Å². The first-order valence-electron chi connectivity index (χ1n) is 5.50. The number of aryl methyl sites for hydroxylation is 1. The van der Waals surface area contributed by atoms with Crippen LogP contribution in [0.25, 0.3) is 5.57 Å². The molecule has 3 heterocycles. The number of aromatic amines is 1. The molecule has 3 rings (SSSR count). The molecule has 2 nitrogen and oxygen atoms in total. The number of H-pyrrole nitrogens is 1. The number of thiophene rings is 1. The molecule has 0 spiro atoms. The van der Waals surface area contributed by atoms with Crippen molar-refractivity contribution in [2.75, 3.05) is 0 Å². The van der Waals surface area contributed by atoms with Crippen LogP contribution in [0.2, 0.25) is 0 Å². The average Bonchev–Trinajstić information content (AvgIpc) is 3.02. The predicted octanol–water partition coefficient (Wildman–Crippen LogP) is 3.78. The third-order valence-electron chi connectivity index (χ3n) is 2.66. The SMILES string of the molecule is Cc1ccc(/C(=C2\C=CC=N2)c2ccc[nH]2)s1. The molecule has 2 aromatic rings. The maximum Gasteiger partial charge on any atom is 0.0737 e. The van der Waals surface area contributed by atoms with Gasteiger partial charge in [0.2, 0.25) is 0 Å². The molecule has 0 aliphatic carbocycles. The van der Waals surface area contributed by atoms with Crippen LogP contribution in [0.4, 0.5) is 0 Å². The summed E-state index contributed by atoms with van der Waals surface area (Å²) in [7, 11) is 0. The monoisotopic (exact) mass is 240 g/mol. The summed E-state index contributed by atoms with van der Waals surface area (Å²) in [4.78, 5) is 10.2. The second-order valence-electron chi connectivity index (χ2n) is 3.89. The highest BCUT2D eigenvalue weighted by Gasteiger charge is 2.13. The average molecular weight is 240 g/mol. The fourth-order valence-corrected chi connectivity index (χ4v) is 2.84. The van der Waals surface area contributed by atoms with E-state index >= 15 is 0 Å². The summed E-state index contributed by atoms with van der Waals surface area (Å²) >= 11 is 1.80. The summed E-state index contributed by atoms with van der Waals surface area (Å²) in [6.07, 6.45) is 7.79. The summed E-state index contributed by atoms with van der Waals surface area (Å²) in [6, 6.07) is 8.40. The Hall–Kier alpha value is -1.87. The summed E-state index contributed by atoms with van der Waals surface area (Å²) in [5.74, 6) is 0. The second kappa shape index (κ2) is 4.18. The van der Waals surface area contributed by atoms with E-state index in [-0.39, 0.29) is 0 Å². The summed E-state index contributed by atoms with van der Waals surface area (Å²) < 4.78 is 0. The van der Waals surface area contributed by atoms with Crippen molar-refractivity contribution < 1.29 is 0 Å². The van der Waals surface area contributed by atoms with Crippen molar-refractivity contribution in [3.63, 3.8) is 0 Å². The Kier molecular flexibility index (Phi) is 2.53. The molecular formula is C14H12N2S. The molecular weight excluding hydrogens is 228 g/mol. The van der Waals surface area contributed by atoms with Gasteiger partial charge in [-0.25, -0.2) is 0 Å². The van der Waals surface area contributed by atoms with Gasteiger partial charge in [-0.2, -0.15) is 0 Å². The molecule has 0 amide bonds. The van der Waals surface area contributed by atoms with E-state index in [1.165, 1.54) is 15.3 Å². The van der Waals surface area contributed by atoms with Crippen LogP contribution in [0.1, 0.15) is 15.4 Å². The molecule has 2 aromatic heterocycles. The van der Waals surface area contributed by atoms with E-state index < -0.39 is 0 Å². The van der Waals surface area contributed by atoms with Crippen LogP contribution >= 0.6 is 11.3 Å². The van der Waals surface area contributed by atoms with E-state index in [2.05, 4.69) is 35.1 Å². The van der Waals surface area contributed by atoms with Crippen molar-refractivity contribution in [3.8, 4) is 0 Å². The minimum atomic E-state index is 1.02. The molecule has 0 radical (unpaired) electrons. The van der Waals surface area contributed by atoms with Crippen LogP contribution in [-0.2, 0) is 0 Å². The molecule has 1 aliphatic rings. The number of nitrogens with one attached hydrogen (secondary N) is 1. The standard InChI is InChI=1S/C14H12N2S/c1-10-6-7-13(17-10)14(11-4-2-8-15-11)12-5-3-9-16-12/h2-9,15H,1H3/b14-12+. The van der Waals surface area contributed by atoms with Gasteiger partial charge >= 0.3 is 0 Å². The number of rotatable bonds is 2. The van der Waals surface area contributed by atoms with Gasteiger partial charge in [0.15, 0.2) is 0 Å². The third kappa shape index (κ3) is 1.89. The van der Waals surface area contributed by atoms with Crippen molar-refractivity contribution in [3.05, 3.63) is 63.8 Å². The lowest BCUT2D eigenvalue weighted by atomic mass is 10.1. The highest BCUT2D eigenvalue weighted by atomic mass is 32.1. The van der Waals surface area contributed by atoms with E-state index in [1.54, 1.807) is 11.3 Å². The Morgan fingerprint density at radius 1 is 1.29 bits per heavy atom. The van der Waals surface area contributed by atoms with Crippen molar-refractivity contribution in [2.24, 2.45) is 4.99 Å². The minimum absolute atomic E-state index is 1.02. The molecule has 0 saturated heterocycles. The molecule has 1 aliphatic heterocycles. The first kappa shape index (κ1) is 10.3. The first-order chi connectivity index (χ1) is 8.34. The van der Waals surface area contributed by atoms with Crippen LogP contribution in [0, 0.1) is 6.92 Å². The first-order valence-corrected chi connectivity index (χ1v) is 6.32. The van der Waals surface area contributed by atoms with Gasteiger partial charge in [0.1, 0.15) is 0 Å². The molecule has 3 heteroatoms. The van der Waals surface area contributed by atoms with E-state index in [1.807, 2.05) is 30.6 Å². The fraction of sp³-hybridized carbons (Fsp3) is 0.0714. The Labute approximate surface area is 104 Å². The largest absolute Gasteiger partial charge is 0.361 e. The molecule has 0 atom stereocenters. The molecule has 84 valence electrons. The second-order valence-corrected chi connectivity index (χ2v) is 5.18. The zero-order valence-electron chi connectivity index (χ0n) is 9.47. The lowest BCUT2D eigenvalue weighted by Crippen LogP contribution is -1.88. The zero-order chi connectivity index (χ0) is 11.7. The Bertz CT molecular complexity index is 598. The van der Waals surface area contributed by atoms with E-state index in [9.17, 15) is 0 Å². The van der Waals surface area contributed by atoms with Gasteiger partial charge in [-0.05, 0) is 43.3 Å². The number of aliphatic imine (C=N–C) groups is 1. The number of allylic oxidation sites excluding steroid dienone is 2.